The van der Waals surface area contributed by atoms with E-state index in [1.807, 2.05) is 42.5 Å². The molecule has 0 spiro atoms. The molecule has 2 N–H and O–H groups in total. The number of esters is 2. The fraction of sp³-hybridized carbons (Fsp3) is 0.242. The van der Waals surface area contributed by atoms with Crippen LogP contribution in [0.5, 0.6) is 0 Å². The smallest absolute Gasteiger partial charge is 0.326 e. The van der Waals surface area contributed by atoms with E-state index in [0.717, 1.165) is 27.5 Å². The molecule has 2 aromatic heterocycles. The molecule has 11 nitrogen and oxygen atoms in total. The van der Waals surface area contributed by atoms with Crippen LogP contribution in [0.25, 0.3) is 33.3 Å². The standard InChI is InChI=1S/C33H32N4O7/c1-20(38)42-19-29(39)36-23-12-10-22(11-13-23)31-35-17-26(32(41)37(31)18-30(40)44-33(2,3)4)34-16-21-9-14-28-25(15-21)24-7-5-6-8-27(24)43-28/h5-15,17,34H,16,18-19H2,1-4H3,(H,36,39). The zero-order valence-electron chi connectivity index (χ0n) is 24.8. The van der Waals surface area contributed by atoms with Crippen molar-refractivity contribution in [3.05, 3.63) is 88.8 Å². The molecule has 44 heavy (non-hydrogen) atoms. The van der Waals surface area contributed by atoms with Crippen LogP contribution in [0.15, 0.2) is 82.1 Å². The van der Waals surface area contributed by atoms with Gasteiger partial charge in [0.15, 0.2) is 6.61 Å². The van der Waals surface area contributed by atoms with Crippen molar-refractivity contribution >= 4 is 51.2 Å². The summed E-state index contributed by atoms with van der Waals surface area (Å²) < 4.78 is 17.4. The van der Waals surface area contributed by atoms with E-state index >= 15 is 0 Å². The number of ether oxygens (including phenoxy) is 2. The van der Waals surface area contributed by atoms with Crippen molar-refractivity contribution in [3.63, 3.8) is 0 Å². The topological polar surface area (TPSA) is 142 Å². The lowest BCUT2D eigenvalue weighted by Crippen LogP contribution is -2.32. The molecule has 0 aliphatic carbocycles. The molecule has 0 unspecified atom stereocenters. The Morgan fingerprint density at radius 3 is 2.41 bits per heavy atom. The van der Waals surface area contributed by atoms with Crippen LogP contribution in [-0.2, 0) is 36.9 Å². The fourth-order valence-electron chi connectivity index (χ4n) is 4.64. The zero-order chi connectivity index (χ0) is 31.4. The quantitative estimate of drug-likeness (QED) is 0.218. The minimum absolute atomic E-state index is 0.212. The van der Waals surface area contributed by atoms with Gasteiger partial charge in [-0.15, -0.1) is 0 Å². The third-order valence-electron chi connectivity index (χ3n) is 6.51. The first-order valence-electron chi connectivity index (χ1n) is 14.0. The number of rotatable bonds is 9. The van der Waals surface area contributed by atoms with Crippen molar-refractivity contribution in [2.45, 2.75) is 46.4 Å². The predicted octanol–water partition coefficient (Wildman–Crippen LogP) is 5.27. The zero-order valence-corrected chi connectivity index (χ0v) is 24.8. The van der Waals surface area contributed by atoms with Crippen LogP contribution in [0, 0.1) is 0 Å². The highest BCUT2D eigenvalue weighted by atomic mass is 16.6. The number of hydrogen-bond acceptors (Lipinski definition) is 9. The Kier molecular flexibility index (Phi) is 8.48. The molecule has 0 bridgehead atoms. The molecule has 0 aliphatic heterocycles. The van der Waals surface area contributed by atoms with Gasteiger partial charge in [0.25, 0.3) is 11.5 Å². The maximum Gasteiger partial charge on any atom is 0.326 e. The van der Waals surface area contributed by atoms with Crippen molar-refractivity contribution in [2.75, 3.05) is 17.2 Å². The summed E-state index contributed by atoms with van der Waals surface area (Å²) in [5, 5.41) is 7.77. The van der Waals surface area contributed by atoms with Gasteiger partial charge in [0.2, 0.25) is 0 Å². The van der Waals surface area contributed by atoms with E-state index in [-0.39, 0.29) is 18.1 Å². The molecule has 0 saturated carbocycles. The summed E-state index contributed by atoms with van der Waals surface area (Å²) in [6.45, 7) is 6.03. The Labute approximate surface area is 252 Å². The molecule has 0 atom stereocenters. The number of carbonyl (C=O) groups is 3. The van der Waals surface area contributed by atoms with Gasteiger partial charge in [-0.3, -0.25) is 23.7 Å². The molecule has 11 heteroatoms. The number of furan rings is 1. The van der Waals surface area contributed by atoms with E-state index in [2.05, 4.69) is 15.6 Å². The monoisotopic (exact) mass is 596 g/mol. The molecule has 0 fully saturated rings. The van der Waals surface area contributed by atoms with E-state index in [1.54, 1.807) is 45.0 Å². The fourth-order valence-corrected chi connectivity index (χ4v) is 4.64. The Morgan fingerprint density at radius 2 is 1.68 bits per heavy atom. The minimum Gasteiger partial charge on any atom is -0.459 e. The van der Waals surface area contributed by atoms with E-state index in [9.17, 15) is 19.2 Å². The predicted molar refractivity (Wildman–Crippen MR) is 166 cm³/mol. The first kappa shape index (κ1) is 30.0. The SMILES string of the molecule is CC(=O)OCC(=O)Nc1ccc(-c2ncc(NCc3ccc4oc5ccccc5c4c3)c(=O)n2CC(=O)OC(C)(C)C)cc1. The second kappa shape index (κ2) is 12.4. The van der Waals surface area contributed by atoms with Gasteiger partial charge >= 0.3 is 11.9 Å². The van der Waals surface area contributed by atoms with Crippen LogP contribution >= 0.6 is 0 Å². The van der Waals surface area contributed by atoms with Gasteiger partial charge < -0.3 is 24.5 Å². The first-order valence-corrected chi connectivity index (χ1v) is 14.0. The Hall–Kier alpha value is -5.45. The Balaban J connectivity index is 1.40. The molecule has 2 heterocycles. The number of nitrogens with one attached hydrogen (secondary N) is 2. The molecule has 5 rings (SSSR count). The highest BCUT2D eigenvalue weighted by molar-refractivity contribution is 6.05. The lowest BCUT2D eigenvalue weighted by Gasteiger charge is -2.21. The molecule has 5 aromatic rings. The summed E-state index contributed by atoms with van der Waals surface area (Å²) in [6, 6.07) is 20.2. The van der Waals surface area contributed by atoms with Gasteiger partial charge in [0.05, 0.1) is 6.20 Å². The number of anilines is 2. The van der Waals surface area contributed by atoms with E-state index < -0.39 is 35.6 Å². The molecular weight excluding hydrogens is 564 g/mol. The number of fused-ring (bicyclic) bond motifs is 3. The molecule has 0 saturated heterocycles. The van der Waals surface area contributed by atoms with E-state index in [1.165, 1.54) is 17.7 Å². The highest BCUT2D eigenvalue weighted by Gasteiger charge is 2.21. The van der Waals surface area contributed by atoms with Gasteiger partial charge in [-0.05, 0) is 68.8 Å². The number of nitrogens with zero attached hydrogens (tertiary/aromatic N) is 2. The lowest BCUT2D eigenvalue weighted by atomic mass is 10.1. The van der Waals surface area contributed by atoms with Crippen molar-refractivity contribution < 1.29 is 28.3 Å². The number of amides is 1. The van der Waals surface area contributed by atoms with Gasteiger partial charge in [-0.1, -0.05) is 24.3 Å². The maximum atomic E-state index is 13.7. The first-order chi connectivity index (χ1) is 21.0. The summed E-state index contributed by atoms with van der Waals surface area (Å²) in [7, 11) is 0. The molecule has 1 amide bonds. The number of carbonyl (C=O) groups excluding carboxylic acids is 3. The minimum atomic E-state index is -0.744. The van der Waals surface area contributed by atoms with E-state index in [4.69, 9.17) is 13.9 Å². The number of para-hydroxylation sites is 1. The number of hydrogen-bond donors (Lipinski definition) is 2. The molecule has 0 aliphatic rings. The van der Waals surface area contributed by atoms with Gasteiger partial charge in [0, 0.05) is 35.5 Å². The van der Waals surface area contributed by atoms with Crippen molar-refractivity contribution in [1.82, 2.24) is 9.55 Å². The average molecular weight is 597 g/mol. The number of aromatic nitrogens is 2. The van der Waals surface area contributed by atoms with Crippen molar-refractivity contribution in [3.8, 4) is 11.4 Å². The number of benzene rings is 3. The van der Waals surface area contributed by atoms with Crippen LogP contribution in [0.2, 0.25) is 0 Å². The van der Waals surface area contributed by atoms with Crippen LogP contribution in [0.3, 0.4) is 0 Å². The lowest BCUT2D eigenvalue weighted by molar-refractivity contribution is -0.155. The van der Waals surface area contributed by atoms with Crippen LogP contribution in [0.1, 0.15) is 33.3 Å². The molecule has 3 aromatic carbocycles. The van der Waals surface area contributed by atoms with Crippen molar-refractivity contribution in [1.29, 1.82) is 0 Å². The molecule has 0 radical (unpaired) electrons. The summed E-state index contributed by atoms with van der Waals surface area (Å²) in [6.07, 6.45) is 1.43. The van der Waals surface area contributed by atoms with Crippen molar-refractivity contribution in [2.24, 2.45) is 0 Å². The van der Waals surface area contributed by atoms with Gasteiger partial charge in [0.1, 0.15) is 34.8 Å². The second-order valence-electron chi connectivity index (χ2n) is 11.2. The van der Waals surface area contributed by atoms with Crippen LogP contribution < -0.4 is 16.2 Å². The van der Waals surface area contributed by atoms with Gasteiger partial charge in [-0.25, -0.2) is 4.98 Å². The van der Waals surface area contributed by atoms with Crippen LogP contribution in [-0.4, -0.2) is 39.6 Å². The normalized spacial score (nSPS) is 11.4. The summed E-state index contributed by atoms with van der Waals surface area (Å²) in [4.78, 5) is 54.0. The summed E-state index contributed by atoms with van der Waals surface area (Å²) in [5.74, 6) is -1.40. The Morgan fingerprint density at radius 1 is 0.955 bits per heavy atom. The largest absolute Gasteiger partial charge is 0.459 e. The average Bonchev–Trinajstić information content (AvgIpc) is 3.34. The van der Waals surface area contributed by atoms with Gasteiger partial charge in [-0.2, -0.15) is 0 Å². The molecular formula is C33H32N4O7. The second-order valence-corrected chi connectivity index (χ2v) is 11.2. The summed E-state index contributed by atoms with van der Waals surface area (Å²) >= 11 is 0. The van der Waals surface area contributed by atoms with E-state index in [0.29, 0.717) is 17.8 Å². The molecule has 226 valence electrons. The Bertz CT molecular complexity index is 1920. The summed E-state index contributed by atoms with van der Waals surface area (Å²) in [5.41, 5.74) is 2.51. The van der Waals surface area contributed by atoms with Crippen LogP contribution in [0.4, 0.5) is 11.4 Å². The maximum absolute atomic E-state index is 13.7. The highest BCUT2D eigenvalue weighted by Crippen LogP contribution is 2.29. The third kappa shape index (κ3) is 7.12. The third-order valence-corrected chi connectivity index (χ3v) is 6.51.